The van der Waals surface area contributed by atoms with Gasteiger partial charge in [-0.1, -0.05) is 6.92 Å². The lowest BCUT2D eigenvalue weighted by Gasteiger charge is -2.34. The SMILES string of the molecule is CCN1CCN(c2cc(Nc3ccc(N(C)C)cc3)ncn2)CC1. The Bertz CT molecular complexity index is 647. The number of benzene rings is 1. The van der Waals surface area contributed by atoms with Gasteiger partial charge in [-0.2, -0.15) is 0 Å². The summed E-state index contributed by atoms with van der Waals surface area (Å²) in [5.74, 6) is 1.82. The molecule has 6 heteroatoms. The molecule has 0 amide bonds. The highest BCUT2D eigenvalue weighted by atomic mass is 15.3. The van der Waals surface area contributed by atoms with Crippen LogP contribution in [-0.4, -0.2) is 61.7 Å². The van der Waals surface area contributed by atoms with Gasteiger partial charge in [0.25, 0.3) is 0 Å². The molecule has 1 aliphatic rings. The van der Waals surface area contributed by atoms with E-state index >= 15 is 0 Å². The molecule has 1 saturated heterocycles. The molecule has 0 saturated carbocycles. The number of hydrogen-bond acceptors (Lipinski definition) is 6. The molecule has 1 aromatic carbocycles. The van der Waals surface area contributed by atoms with Crippen molar-refractivity contribution in [1.29, 1.82) is 0 Å². The topological polar surface area (TPSA) is 47.5 Å². The summed E-state index contributed by atoms with van der Waals surface area (Å²) in [6, 6.07) is 10.3. The molecule has 2 aromatic rings. The summed E-state index contributed by atoms with van der Waals surface area (Å²) in [6.45, 7) is 7.55. The van der Waals surface area contributed by atoms with Gasteiger partial charge in [-0.05, 0) is 30.8 Å². The van der Waals surface area contributed by atoms with Crippen molar-refractivity contribution in [2.75, 3.05) is 61.9 Å². The van der Waals surface area contributed by atoms with Crippen LogP contribution < -0.4 is 15.1 Å². The number of anilines is 4. The molecular formula is C18H26N6. The number of piperazine rings is 1. The van der Waals surface area contributed by atoms with Crippen molar-refractivity contribution in [1.82, 2.24) is 14.9 Å². The molecule has 24 heavy (non-hydrogen) atoms. The lowest BCUT2D eigenvalue weighted by atomic mass is 10.2. The van der Waals surface area contributed by atoms with E-state index in [9.17, 15) is 0 Å². The first kappa shape index (κ1) is 16.5. The van der Waals surface area contributed by atoms with Crippen molar-refractivity contribution < 1.29 is 0 Å². The number of rotatable bonds is 5. The molecule has 6 nitrogen and oxygen atoms in total. The highest BCUT2D eigenvalue weighted by Gasteiger charge is 2.17. The Morgan fingerprint density at radius 2 is 1.75 bits per heavy atom. The van der Waals surface area contributed by atoms with Crippen LogP contribution in [0.15, 0.2) is 36.7 Å². The van der Waals surface area contributed by atoms with E-state index in [1.54, 1.807) is 6.33 Å². The highest BCUT2D eigenvalue weighted by molar-refractivity contribution is 5.62. The van der Waals surface area contributed by atoms with E-state index in [1.807, 2.05) is 20.2 Å². The van der Waals surface area contributed by atoms with Crippen molar-refractivity contribution in [3.63, 3.8) is 0 Å². The molecule has 0 atom stereocenters. The maximum absolute atomic E-state index is 4.44. The Hall–Kier alpha value is -2.34. The molecule has 3 rings (SSSR count). The van der Waals surface area contributed by atoms with E-state index in [1.165, 1.54) is 5.69 Å². The van der Waals surface area contributed by atoms with Gasteiger partial charge in [0.05, 0.1) is 0 Å². The molecular weight excluding hydrogens is 300 g/mol. The van der Waals surface area contributed by atoms with E-state index in [2.05, 4.69) is 61.2 Å². The predicted octanol–water partition coefficient (Wildman–Crippen LogP) is 2.43. The molecule has 1 aliphatic heterocycles. The molecule has 2 heterocycles. The fourth-order valence-electron chi connectivity index (χ4n) is 2.87. The normalized spacial score (nSPS) is 15.4. The van der Waals surface area contributed by atoms with Crippen LogP contribution in [0.2, 0.25) is 0 Å². The van der Waals surface area contributed by atoms with Crippen LogP contribution in [0.1, 0.15) is 6.92 Å². The van der Waals surface area contributed by atoms with Crippen LogP contribution in [0.4, 0.5) is 23.0 Å². The molecule has 0 aliphatic carbocycles. The van der Waals surface area contributed by atoms with E-state index < -0.39 is 0 Å². The van der Waals surface area contributed by atoms with Crippen molar-refractivity contribution in [3.8, 4) is 0 Å². The number of aromatic nitrogens is 2. The number of hydrogen-bond donors (Lipinski definition) is 1. The summed E-state index contributed by atoms with van der Waals surface area (Å²) in [5, 5.41) is 3.36. The van der Waals surface area contributed by atoms with Gasteiger partial charge < -0.3 is 20.0 Å². The Balaban J connectivity index is 1.67. The molecule has 0 radical (unpaired) electrons. The lowest BCUT2D eigenvalue weighted by Crippen LogP contribution is -2.46. The molecule has 0 bridgehead atoms. The maximum atomic E-state index is 4.44. The predicted molar refractivity (Wildman–Crippen MR) is 100 cm³/mol. The maximum Gasteiger partial charge on any atom is 0.135 e. The molecule has 128 valence electrons. The van der Waals surface area contributed by atoms with E-state index in [0.29, 0.717) is 0 Å². The zero-order chi connectivity index (χ0) is 16.9. The average molecular weight is 326 g/mol. The first-order valence-electron chi connectivity index (χ1n) is 8.49. The number of nitrogens with zero attached hydrogens (tertiary/aromatic N) is 5. The Morgan fingerprint density at radius 1 is 1.04 bits per heavy atom. The van der Waals surface area contributed by atoms with Gasteiger partial charge in [-0.3, -0.25) is 0 Å². The van der Waals surface area contributed by atoms with Crippen molar-refractivity contribution >= 4 is 23.0 Å². The third-order valence-corrected chi connectivity index (χ3v) is 4.45. The second kappa shape index (κ2) is 7.49. The third kappa shape index (κ3) is 3.94. The minimum Gasteiger partial charge on any atom is -0.378 e. The number of nitrogens with one attached hydrogen (secondary N) is 1. The Kier molecular flexibility index (Phi) is 5.15. The largest absolute Gasteiger partial charge is 0.378 e. The smallest absolute Gasteiger partial charge is 0.135 e. The van der Waals surface area contributed by atoms with Gasteiger partial charge in [0.2, 0.25) is 0 Å². The molecule has 1 aromatic heterocycles. The first-order valence-corrected chi connectivity index (χ1v) is 8.49. The average Bonchev–Trinajstić information content (AvgIpc) is 2.62. The van der Waals surface area contributed by atoms with Gasteiger partial charge in [-0.15, -0.1) is 0 Å². The first-order chi connectivity index (χ1) is 11.7. The standard InChI is InChI=1S/C18H26N6/c1-4-23-9-11-24(12-10-23)18-13-17(19-14-20-18)21-15-5-7-16(8-6-15)22(2)3/h5-8,13-14H,4,9-12H2,1-3H3,(H,19,20,21). The van der Waals surface area contributed by atoms with Crippen LogP contribution in [0.3, 0.4) is 0 Å². The summed E-state index contributed by atoms with van der Waals surface area (Å²) >= 11 is 0. The van der Waals surface area contributed by atoms with Crippen LogP contribution in [0.5, 0.6) is 0 Å². The molecule has 1 fully saturated rings. The van der Waals surface area contributed by atoms with Gasteiger partial charge in [0.1, 0.15) is 18.0 Å². The van der Waals surface area contributed by atoms with Crippen molar-refractivity contribution in [2.24, 2.45) is 0 Å². The lowest BCUT2D eigenvalue weighted by molar-refractivity contribution is 0.270. The summed E-state index contributed by atoms with van der Waals surface area (Å²) in [4.78, 5) is 15.7. The van der Waals surface area contributed by atoms with Crippen LogP contribution in [0.25, 0.3) is 0 Å². The second-order valence-electron chi connectivity index (χ2n) is 6.25. The molecule has 0 unspecified atom stereocenters. The summed E-state index contributed by atoms with van der Waals surface area (Å²) in [6.07, 6.45) is 1.64. The van der Waals surface area contributed by atoms with Gasteiger partial charge >= 0.3 is 0 Å². The van der Waals surface area contributed by atoms with Crippen molar-refractivity contribution in [3.05, 3.63) is 36.7 Å². The Labute approximate surface area is 144 Å². The van der Waals surface area contributed by atoms with Crippen LogP contribution in [0, 0.1) is 0 Å². The summed E-state index contributed by atoms with van der Waals surface area (Å²) in [5.41, 5.74) is 2.21. The summed E-state index contributed by atoms with van der Waals surface area (Å²) < 4.78 is 0. The summed E-state index contributed by atoms with van der Waals surface area (Å²) in [7, 11) is 4.08. The van der Waals surface area contributed by atoms with E-state index in [0.717, 1.165) is 50.0 Å². The third-order valence-electron chi connectivity index (χ3n) is 4.45. The molecule has 0 spiro atoms. The number of likely N-dealkylation sites (N-methyl/N-ethyl adjacent to an activating group) is 1. The molecule has 1 N–H and O–H groups in total. The zero-order valence-corrected chi connectivity index (χ0v) is 14.7. The minimum absolute atomic E-state index is 0.829. The highest BCUT2D eigenvalue weighted by Crippen LogP contribution is 2.21. The van der Waals surface area contributed by atoms with E-state index in [-0.39, 0.29) is 0 Å². The van der Waals surface area contributed by atoms with Gasteiger partial charge in [0.15, 0.2) is 0 Å². The van der Waals surface area contributed by atoms with Crippen LogP contribution >= 0.6 is 0 Å². The van der Waals surface area contributed by atoms with Crippen molar-refractivity contribution in [2.45, 2.75) is 6.92 Å². The minimum atomic E-state index is 0.829. The van der Waals surface area contributed by atoms with E-state index in [4.69, 9.17) is 0 Å². The fraction of sp³-hybridized carbons (Fsp3) is 0.444. The van der Waals surface area contributed by atoms with Gasteiger partial charge in [-0.25, -0.2) is 9.97 Å². The Morgan fingerprint density at radius 3 is 2.38 bits per heavy atom. The van der Waals surface area contributed by atoms with Crippen LogP contribution in [-0.2, 0) is 0 Å². The van der Waals surface area contributed by atoms with Gasteiger partial charge in [0, 0.05) is 57.7 Å². The monoisotopic (exact) mass is 326 g/mol. The second-order valence-corrected chi connectivity index (χ2v) is 6.25. The fourth-order valence-corrected chi connectivity index (χ4v) is 2.87. The quantitative estimate of drug-likeness (QED) is 0.911. The zero-order valence-electron chi connectivity index (χ0n) is 14.7.